The van der Waals surface area contributed by atoms with E-state index in [-0.39, 0.29) is 12.5 Å². The van der Waals surface area contributed by atoms with Gasteiger partial charge in [0.1, 0.15) is 5.75 Å². The lowest BCUT2D eigenvalue weighted by Gasteiger charge is -2.15. The van der Waals surface area contributed by atoms with Crippen LogP contribution in [-0.4, -0.2) is 27.3 Å². The SMILES string of the molecule is CC(Oc1cccc(CO)c1)C(=O)Nc1n[nH]c(C2CC2)c1-c1ccccc1. The van der Waals surface area contributed by atoms with E-state index in [1.807, 2.05) is 30.3 Å². The third kappa shape index (κ3) is 3.92. The Morgan fingerprint density at radius 3 is 2.75 bits per heavy atom. The molecule has 0 spiro atoms. The summed E-state index contributed by atoms with van der Waals surface area (Å²) in [5, 5.41) is 19.6. The van der Waals surface area contributed by atoms with E-state index in [4.69, 9.17) is 4.74 Å². The number of amides is 1. The van der Waals surface area contributed by atoms with Crippen LogP contribution in [0.3, 0.4) is 0 Å². The van der Waals surface area contributed by atoms with Crippen molar-refractivity contribution in [3.05, 3.63) is 65.9 Å². The summed E-state index contributed by atoms with van der Waals surface area (Å²) >= 11 is 0. The average molecular weight is 377 g/mol. The number of nitrogens with zero attached hydrogens (tertiary/aromatic N) is 1. The van der Waals surface area contributed by atoms with Crippen LogP contribution in [0.4, 0.5) is 5.82 Å². The Balaban J connectivity index is 1.53. The second-order valence-electron chi connectivity index (χ2n) is 7.06. The first-order valence-corrected chi connectivity index (χ1v) is 9.46. The molecule has 1 amide bonds. The molecule has 1 saturated carbocycles. The zero-order valence-corrected chi connectivity index (χ0v) is 15.7. The quantitative estimate of drug-likeness (QED) is 0.584. The molecule has 4 rings (SSSR count). The Bertz CT molecular complexity index is 964. The van der Waals surface area contributed by atoms with Crippen LogP contribution >= 0.6 is 0 Å². The maximum Gasteiger partial charge on any atom is 0.266 e. The number of benzene rings is 2. The summed E-state index contributed by atoms with van der Waals surface area (Å²) < 4.78 is 5.74. The number of anilines is 1. The molecule has 1 aliphatic rings. The Morgan fingerprint density at radius 2 is 2.04 bits per heavy atom. The van der Waals surface area contributed by atoms with Crippen molar-refractivity contribution in [3.63, 3.8) is 0 Å². The Kier molecular flexibility index (Phi) is 5.12. The van der Waals surface area contributed by atoms with Crippen LogP contribution in [0, 0.1) is 0 Å². The van der Waals surface area contributed by atoms with E-state index in [2.05, 4.69) is 15.5 Å². The van der Waals surface area contributed by atoms with Crippen molar-refractivity contribution in [2.45, 2.75) is 38.4 Å². The summed E-state index contributed by atoms with van der Waals surface area (Å²) in [6.45, 7) is 1.62. The van der Waals surface area contributed by atoms with Gasteiger partial charge in [0.2, 0.25) is 0 Å². The summed E-state index contributed by atoms with van der Waals surface area (Å²) in [6.07, 6.45) is 1.56. The second kappa shape index (κ2) is 7.86. The van der Waals surface area contributed by atoms with Crippen LogP contribution in [0.1, 0.15) is 36.9 Å². The number of hydrogen-bond acceptors (Lipinski definition) is 4. The number of hydrogen-bond donors (Lipinski definition) is 3. The minimum absolute atomic E-state index is 0.0740. The average Bonchev–Trinajstić information content (AvgIpc) is 3.49. The van der Waals surface area contributed by atoms with Crippen molar-refractivity contribution >= 4 is 11.7 Å². The van der Waals surface area contributed by atoms with Crippen molar-refractivity contribution in [2.24, 2.45) is 0 Å². The molecule has 1 atom stereocenters. The Hall–Kier alpha value is -3.12. The number of aliphatic hydroxyl groups is 1. The molecule has 2 aromatic carbocycles. The van der Waals surface area contributed by atoms with Gasteiger partial charge in [-0.3, -0.25) is 9.89 Å². The Morgan fingerprint density at radius 1 is 1.25 bits per heavy atom. The number of aliphatic hydroxyl groups excluding tert-OH is 1. The fraction of sp³-hybridized carbons (Fsp3) is 0.273. The van der Waals surface area contributed by atoms with E-state index < -0.39 is 6.10 Å². The van der Waals surface area contributed by atoms with Crippen LogP contribution in [0.15, 0.2) is 54.6 Å². The Labute approximate surface area is 163 Å². The van der Waals surface area contributed by atoms with Gasteiger partial charge in [0.25, 0.3) is 5.91 Å². The molecule has 1 unspecified atom stereocenters. The summed E-state index contributed by atoms with van der Waals surface area (Å²) in [5.41, 5.74) is 3.78. The van der Waals surface area contributed by atoms with Gasteiger partial charge in [-0.2, -0.15) is 5.10 Å². The number of ether oxygens (including phenoxy) is 1. The first-order valence-electron chi connectivity index (χ1n) is 9.46. The van der Waals surface area contributed by atoms with Gasteiger partial charge in [0, 0.05) is 17.2 Å². The molecular weight excluding hydrogens is 354 g/mol. The zero-order chi connectivity index (χ0) is 19.5. The molecule has 0 saturated heterocycles. The fourth-order valence-electron chi connectivity index (χ4n) is 3.20. The van der Waals surface area contributed by atoms with Crippen molar-refractivity contribution in [3.8, 4) is 16.9 Å². The number of nitrogens with one attached hydrogen (secondary N) is 2. The van der Waals surface area contributed by atoms with Crippen molar-refractivity contribution < 1.29 is 14.6 Å². The number of carbonyl (C=O) groups is 1. The van der Waals surface area contributed by atoms with Crippen LogP contribution < -0.4 is 10.1 Å². The molecule has 3 aromatic rings. The molecule has 0 bridgehead atoms. The molecule has 28 heavy (non-hydrogen) atoms. The van der Waals surface area contributed by atoms with Gasteiger partial charge in [-0.1, -0.05) is 42.5 Å². The van der Waals surface area contributed by atoms with E-state index in [9.17, 15) is 9.90 Å². The van der Waals surface area contributed by atoms with Gasteiger partial charge in [-0.15, -0.1) is 0 Å². The fourth-order valence-corrected chi connectivity index (χ4v) is 3.20. The van der Waals surface area contributed by atoms with Crippen LogP contribution in [0.5, 0.6) is 5.75 Å². The molecular formula is C22H23N3O3. The van der Waals surface area contributed by atoms with Gasteiger partial charge in [0.05, 0.1) is 6.61 Å². The van der Waals surface area contributed by atoms with Crippen molar-refractivity contribution in [2.75, 3.05) is 5.32 Å². The lowest BCUT2D eigenvalue weighted by atomic mass is 10.0. The predicted molar refractivity (Wildman–Crippen MR) is 107 cm³/mol. The first-order chi connectivity index (χ1) is 13.7. The van der Waals surface area contributed by atoms with E-state index >= 15 is 0 Å². The zero-order valence-electron chi connectivity index (χ0n) is 15.7. The lowest BCUT2D eigenvalue weighted by Crippen LogP contribution is -2.30. The molecule has 1 aliphatic carbocycles. The molecule has 0 aliphatic heterocycles. The van der Waals surface area contributed by atoms with E-state index in [0.717, 1.165) is 35.2 Å². The molecule has 144 valence electrons. The first kappa shape index (κ1) is 18.3. The third-order valence-corrected chi connectivity index (χ3v) is 4.85. The second-order valence-corrected chi connectivity index (χ2v) is 7.06. The van der Waals surface area contributed by atoms with Gasteiger partial charge in [0.15, 0.2) is 11.9 Å². The standard InChI is InChI=1S/C22H23N3O3/c1-14(28-18-9-5-6-15(12-18)13-26)22(27)23-21-19(16-7-3-2-4-8-16)20(24-25-21)17-10-11-17/h2-9,12,14,17,26H,10-11,13H2,1H3,(H2,23,24,25,27). The molecule has 1 heterocycles. The molecule has 6 nitrogen and oxygen atoms in total. The summed E-state index contributed by atoms with van der Waals surface area (Å²) in [6, 6.07) is 17.0. The smallest absolute Gasteiger partial charge is 0.266 e. The number of rotatable bonds is 7. The highest BCUT2D eigenvalue weighted by molar-refractivity contribution is 5.97. The predicted octanol–water partition coefficient (Wildman–Crippen LogP) is 3.85. The highest BCUT2D eigenvalue weighted by atomic mass is 16.5. The maximum atomic E-state index is 12.7. The van der Waals surface area contributed by atoms with Crippen LogP contribution in [0.2, 0.25) is 0 Å². The molecule has 3 N–H and O–H groups in total. The highest BCUT2D eigenvalue weighted by Gasteiger charge is 2.31. The number of carbonyl (C=O) groups excluding carboxylic acids is 1. The minimum atomic E-state index is -0.710. The number of aromatic amines is 1. The van der Waals surface area contributed by atoms with Crippen molar-refractivity contribution in [1.82, 2.24) is 10.2 Å². The maximum absolute atomic E-state index is 12.7. The number of aromatic nitrogens is 2. The molecule has 1 aromatic heterocycles. The van der Waals surface area contributed by atoms with E-state index in [0.29, 0.717) is 17.5 Å². The van der Waals surface area contributed by atoms with Crippen molar-refractivity contribution in [1.29, 1.82) is 0 Å². The van der Waals surface area contributed by atoms with Gasteiger partial charge >= 0.3 is 0 Å². The molecule has 0 radical (unpaired) electrons. The number of H-pyrrole nitrogens is 1. The highest BCUT2D eigenvalue weighted by Crippen LogP contribution is 2.45. The molecule has 1 fully saturated rings. The monoisotopic (exact) mass is 377 g/mol. The lowest BCUT2D eigenvalue weighted by molar-refractivity contribution is -0.122. The minimum Gasteiger partial charge on any atom is -0.481 e. The van der Waals surface area contributed by atoms with E-state index in [1.54, 1.807) is 31.2 Å². The van der Waals surface area contributed by atoms with Gasteiger partial charge in [-0.25, -0.2) is 0 Å². The van der Waals surface area contributed by atoms with E-state index in [1.165, 1.54) is 0 Å². The summed E-state index contributed by atoms with van der Waals surface area (Å²) in [4.78, 5) is 12.7. The van der Waals surface area contributed by atoms with Gasteiger partial charge < -0.3 is 15.2 Å². The van der Waals surface area contributed by atoms with Crippen LogP contribution in [0.25, 0.3) is 11.1 Å². The molecule has 6 heteroatoms. The third-order valence-electron chi connectivity index (χ3n) is 4.85. The van der Waals surface area contributed by atoms with Crippen LogP contribution in [-0.2, 0) is 11.4 Å². The normalized spacial score (nSPS) is 14.5. The topological polar surface area (TPSA) is 87.2 Å². The summed E-state index contributed by atoms with van der Waals surface area (Å²) in [7, 11) is 0. The largest absolute Gasteiger partial charge is 0.481 e. The van der Waals surface area contributed by atoms with Gasteiger partial charge in [-0.05, 0) is 43.0 Å². The summed E-state index contributed by atoms with van der Waals surface area (Å²) in [5.74, 6) is 1.26.